The van der Waals surface area contributed by atoms with Crippen molar-refractivity contribution < 1.29 is 28.8 Å². The number of aliphatic hydroxyl groups excluding tert-OH is 1. The second-order valence-electron chi connectivity index (χ2n) is 8.42. The zero-order valence-corrected chi connectivity index (χ0v) is 18.0. The van der Waals surface area contributed by atoms with Gasteiger partial charge in [0.15, 0.2) is 17.7 Å². The van der Waals surface area contributed by atoms with Gasteiger partial charge in [0, 0.05) is 0 Å². The van der Waals surface area contributed by atoms with E-state index in [0.29, 0.717) is 13.2 Å². The summed E-state index contributed by atoms with van der Waals surface area (Å²) in [5, 5.41) is 10.9. The van der Waals surface area contributed by atoms with Crippen LogP contribution >= 0.6 is 0 Å². The highest BCUT2D eigenvalue weighted by atomic mass is 16.8. The van der Waals surface area contributed by atoms with E-state index in [0.717, 1.165) is 11.1 Å². The first-order chi connectivity index (χ1) is 14.9. The molecule has 6 heteroatoms. The zero-order chi connectivity index (χ0) is 21.9. The first-order valence-electron chi connectivity index (χ1n) is 10.5. The van der Waals surface area contributed by atoms with Crippen molar-refractivity contribution in [3.05, 3.63) is 84.4 Å². The first kappa shape index (κ1) is 22.1. The van der Waals surface area contributed by atoms with Crippen molar-refractivity contribution in [1.82, 2.24) is 0 Å². The number of aliphatic hydroxyl groups is 1. The van der Waals surface area contributed by atoms with E-state index in [4.69, 9.17) is 23.7 Å². The Hall–Kier alpha value is -2.06. The van der Waals surface area contributed by atoms with Crippen LogP contribution in [-0.4, -0.2) is 47.7 Å². The smallest absolute Gasteiger partial charge is 0.190 e. The van der Waals surface area contributed by atoms with Crippen molar-refractivity contribution in [3.8, 4) is 0 Å². The highest BCUT2D eigenvalue weighted by Gasteiger charge is 2.65. The standard InChI is InChI=1S/C25H30O6/c1-4-20(26)25(17-27-15-18-11-7-5-8-12-18)22(28-16-19-13-9-6-10-14-19)21-23(31-25)30-24(2,3)29-21/h4-14,20-23,26H,1,15-17H2,2-3H3/t20-,21+,22-,23-,25+/m0/s1. The third kappa shape index (κ3) is 4.75. The molecule has 31 heavy (non-hydrogen) atoms. The predicted molar refractivity (Wildman–Crippen MR) is 115 cm³/mol. The summed E-state index contributed by atoms with van der Waals surface area (Å²) in [7, 11) is 0. The van der Waals surface area contributed by atoms with Crippen LogP contribution in [0, 0.1) is 0 Å². The van der Waals surface area contributed by atoms with Crippen molar-refractivity contribution in [1.29, 1.82) is 0 Å². The molecule has 0 amide bonds. The van der Waals surface area contributed by atoms with Crippen LogP contribution in [0.2, 0.25) is 0 Å². The Balaban J connectivity index is 1.56. The second-order valence-corrected chi connectivity index (χ2v) is 8.42. The molecule has 6 nitrogen and oxygen atoms in total. The normalized spacial score (nSPS) is 30.1. The fraction of sp³-hybridized carbons (Fsp3) is 0.440. The van der Waals surface area contributed by atoms with Gasteiger partial charge in [0.2, 0.25) is 0 Å². The molecule has 5 atom stereocenters. The highest BCUT2D eigenvalue weighted by molar-refractivity contribution is 5.16. The van der Waals surface area contributed by atoms with Gasteiger partial charge in [-0.05, 0) is 25.0 Å². The Morgan fingerprint density at radius 3 is 2.19 bits per heavy atom. The molecule has 2 aromatic rings. The fourth-order valence-electron chi connectivity index (χ4n) is 4.15. The van der Waals surface area contributed by atoms with E-state index < -0.39 is 36.0 Å². The minimum absolute atomic E-state index is 0.0920. The number of rotatable bonds is 9. The average molecular weight is 427 g/mol. The van der Waals surface area contributed by atoms with Crippen molar-refractivity contribution in [2.75, 3.05) is 6.61 Å². The van der Waals surface area contributed by atoms with E-state index in [2.05, 4.69) is 6.58 Å². The molecule has 2 saturated heterocycles. The van der Waals surface area contributed by atoms with Gasteiger partial charge in [0.25, 0.3) is 0 Å². The van der Waals surface area contributed by atoms with Crippen LogP contribution in [0.15, 0.2) is 73.3 Å². The van der Waals surface area contributed by atoms with Gasteiger partial charge in [0.1, 0.15) is 18.3 Å². The van der Waals surface area contributed by atoms with E-state index in [-0.39, 0.29) is 6.61 Å². The zero-order valence-electron chi connectivity index (χ0n) is 18.0. The molecule has 0 bridgehead atoms. The summed E-state index contributed by atoms with van der Waals surface area (Å²) >= 11 is 0. The van der Waals surface area contributed by atoms with E-state index in [9.17, 15) is 5.11 Å². The number of hydrogen-bond donors (Lipinski definition) is 1. The van der Waals surface area contributed by atoms with Crippen LogP contribution in [0.1, 0.15) is 25.0 Å². The highest BCUT2D eigenvalue weighted by Crippen LogP contribution is 2.46. The first-order valence-corrected chi connectivity index (χ1v) is 10.5. The Labute approximate surface area is 183 Å². The topological polar surface area (TPSA) is 66.4 Å². The lowest BCUT2D eigenvalue weighted by Crippen LogP contribution is -2.57. The van der Waals surface area contributed by atoms with Crippen LogP contribution in [0.25, 0.3) is 0 Å². The SMILES string of the molecule is C=C[C@H](O)[C@@]1(COCc2ccccc2)O[C@@H]2OC(C)(C)O[C@@H]2[C@@H]1OCc1ccccc1. The molecular formula is C25H30O6. The lowest BCUT2D eigenvalue weighted by molar-refractivity contribution is -0.270. The number of ether oxygens (including phenoxy) is 5. The van der Waals surface area contributed by atoms with Gasteiger partial charge in [-0.25, -0.2) is 0 Å². The van der Waals surface area contributed by atoms with E-state index in [1.165, 1.54) is 6.08 Å². The van der Waals surface area contributed by atoms with E-state index >= 15 is 0 Å². The van der Waals surface area contributed by atoms with Crippen LogP contribution < -0.4 is 0 Å². The van der Waals surface area contributed by atoms with Crippen molar-refractivity contribution in [3.63, 3.8) is 0 Å². The summed E-state index contributed by atoms with van der Waals surface area (Å²) in [4.78, 5) is 0. The molecule has 0 aromatic heterocycles. The minimum atomic E-state index is -1.21. The summed E-state index contributed by atoms with van der Waals surface area (Å²) in [5.74, 6) is -0.806. The van der Waals surface area contributed by atoms with E-state index in [1.807, 2.05) is 74.5 Å². The molecule has 0 saturated carbocycles. The molecule has 0 radical (unpaired) electrons. The van der Waals surface area contributed by atoms with Gasteiger partial charge < -0.3 is 28.8 Å². The summed E-state index contributed by atoms with van der Waals surface area (Å²) < 4.78 is 30.7. The van der Waals surface area contributed by atoms with Gasteiger partial charge in [-0.1, -0.05) is 66.7 Å². The Morgan fingerprint density at radius 2 is 1.58 bits per heavy atom. The quantitative estimate of drug-likeness (QED) is 0.619. The second kappa shape index (κ2) is 9.20. The molecule has 2 heterocycles. The van der Waals surface area contributed by atoms with Crippen molar-refractivity contribution >= 4 is 0 Å². The van der Waals surface area contributed by atoms with Crippen molar-refractivity contribution in [2.24, 2.45) is 0 Å². The minimum Gasteiger partial charge on any atom is -0.386 e. The molecule has 2 aromatic carbocycles. The molecule has 1 N–H and O–H groups in total. The van der Waals surface area contributed by atoms with Gasteiger partial charge in [-0.15, -0.1) is 6.58 Å². The maximum atomic E-state index is 10.9. The van der Waals surface area contributed by atoms with Crippen LogP contribution in [-0.2, 0) is 36.9 Å². The van der Waals surface area contributed by atoms with Gasteiger partial charge in [0.05, 0.1) is 19.8 Å². The lowest BCUT2D eigenvalue weighted by Gasteiger charge is -2.38. The van der Waals surface area contributed by atoms with Gasteiger partial charge in [-0.2, -0.15) is 0 Å². The maximum absolute atomic E-state index is 10.9. The summed E-state index contributed by atoms with van der Waals surface area (Å²) in [6.45, 7) is 8.25. The van der Waals surface area contributed by atoms with Crippen LogP contribution in [0.4, 0.5) is 0 Å². The average Bonchev–Trinajstić information content (AvgIpc) is 3.22. The molecule has 2 aliphatic rings. The van der Waals surface area contributed by atoms with Gasteiger partial charge >= 0.3 is 0 Å². The molecule has 166 valence electrons. The fourth-order valence-corrected chi connectivity index (χ4v) is 4.15. The monoisotopic (exact) mass is 426 g/mol. The molecule has 2 aliphatic heterocycles. The third-order valence-electron chi connectivity index (χ3n) is 5.64. The molecule has 0 spiro atoms. The summed E-state index contributed by atoms with van der Waals surface area (Å²) in [5.41, 5.74) is 0.826. The maximum Gasteiger partial charge on any atom is 0.190 e. The molecule has 0 unspecified atom stereocenters. The Morgan fingerprint density at radius 1 is 0.968 bits per heavy atom. The third-order valence-corrected chi connectivity index (χ3v) is 5.64. The Kier molecular flexibility index (Phi) is 6.57. The molecule has 0 aliphatic carbocycles. The predicted octanol–water partition coefficient (Wildman–Crippen LogP) is 3.58. The molecule has 2 fully saturated rings. The molecular weight excluding hydrogens is 396 g/mol. The van der Waals surface area contributed by atoms with E-state index in [1.54, 1.807) is 0 Å². The molecule has 4 rings (SSSR count). The number of fused-ring (bicyclic) bond motifs is 1. The van der Waals surface area contributed by atoms with Gasteiger partial charge in [-0.3, -0.25) is 0 Å². The Bertz CT molecular complexity index is 855. The van der Waals surface area contributed by atoms with Crippen LogP contribution in [0.3, 0.4) is 0 Å². The van der Waals surface area contributed by atoms with Crippen LogP contribution in [0.5, 0.6) is 0 Å². The lowest BCUT2D eigenvalue weighted by atomic mass is 9.89. The summed E-state index contributed by atoms with van der Waals surface area (Å²) in [6.07, 6.45) is -1.40. The largest absolute Gasteiger partial charge is 0.386 e. The summed E-state index contributed by atoms with van der Waals surface area (Å²) in [6, 6.07) is 19.7. The van der Waals surface area contributed by atoms with Crippen molar-refractivity contribution in [2.45, 2.75) is 63.1 Å². The number of hydrogen-bond acceptors (Lipinski definition) is 6. The number of benzene rings is 2.